The van der Waals surface area contributed by atoms with Crippen molar-refractivity contribution in [3.05, 3.63) is 64.8 Å². The second-order valence-corrected chi connectivity index (χ2v) is 9.69. The molecule has 0 saturated heterocycles. The molecule has 0 radical (unpaired) electrons. The Morgan fingerprint density at radius 1 is 1.09 bits per heavy atom. The highest BCUT2D eigenvalue weighted by Crippen LogP contribution is 2.35. The molecule has 0 spiro atoms. The van der Waals surface area contributed by atoms with Crippen LogP contribution in [0.4, 0.5) is 5.88 Å². The third-order valence-corrected chi connectivity index (χ3v) is 7.29. The van der Waals surface area contributed by atoms with E-state index in [-0.39, 0.29) is 24.1 Å². The van der Waals surface area contributed by atoms with E-state index in [9.17, 15) is 13.2 Å². The number of hydrogen-bond donors (Lipinski definition) is 0. The molecule has 0 aliphatic rings. The van der Waals surface area contributed by atoms with E-state index < -0.39 is 10.0 Å². The molecule has 3 aromatic rings. The van der Waals surface area contributed by atoms with Crippen molar-refractivity contribution in [3.8, 4) is 11.1 Å². The number of aromatic nitrogens is 1. The van der Waals surface area contributed by atoms with Crippen LogP contribution in [0.1, 0.15) is 40.5 Å². The lowest BCUT2D eigenvalue weighted by molar-refractivity contribution is 0.0744. The van der Waals surface area contributed by atoms with Crippen molar-refractivity contribution in [2.75, 3.05) is 31.4 Å². The van der Waals surface area contributed by atoms with Gasteiger partial charge in [0.1, 0.15) is 13.0 Å². The van der Waals surface area contributed by atoms with E-state index in [4.69, 9.17) is 14.0 Å². The third kappa shape index (κ3) is 5.38. The van der Waals surface area contributed by atoms with Crippen molar-refractivity contribution in [1.29, 1.82) is 0 Å². The molecule has 0 amide bonds. The van der Waals surface area contributed by atoms with Crippen molar-refractivity contribution in [2.45, 2.75) is 38.5 Å². The van der Waals surface area contributed by atoms with Crippen LogP contribution in [0, 0.1) is 13.8 Å². The van der Waals surface area contributed by atoms with Crippen LogP contribution < -0.4 is 4.31 Å². The first-order chi connectivity index (χ1) is 16.3. The van der Waals surface area contributed by atoms with Gasteiger partial charge >= 0.3 is 0 Å². The van der Waals surface area contributed by atoms with Gasteiger partial charge in [0.05, 0.1) is 23.8 Å². The summed E-state index contributed by atoms with van der Waals surface area (Å²) in [5, 5.41) is 3.93. The number of nitrogens with zero attached hydrogens (tertiary/aromatic N) is 2. The second kappa shape index (κ2) is 11.4. The van der Waals surface area contributed by atoms with Gasteiger partial charge in [0.25, 0.3) is 10.0 Å². The molecule has 34 heavy (non-hydrogen) atoms. The molecule has 0 unspecified atom stereocenters. The average molecular weight is 487 g/mol. The summed E-state index contributed by atoms with van der Waals surface area (Å²) in [5.74, 6) is 0.106. The van der Waals surface area contributed by atoms with Crippen LogP contribution in [0.3, 0.4) is 0 Å². The van der Waals surface area contributed by atoms with E-state index in [2.05, 4.69) is 5.16 Å². The molecule has 182 valence electrons. The Kier molecular flexibility index (Phi) is 8.60. The standard InChI is InChI=1S/C25H30N2O6S/c1-5-8-21-15-20(16-28)11-12-22(21)23-9-6-7-10-24(23)34(29,30)27(17-32-14-13-31-4)25-18(2)19(3)26-33-25/h6-7,9-12,15-16H,5,8,13-14,17H2,1-4H3. The van der Waals surface area contributed by atoms with E-state index in [1.165, 1.54) is 0 Å². The number of ether oxygens (including phenoxy) is 2. The second-order valence-electron chi connectivity index (χ2n) is 7.86. The highest BCUT2D eigenvalue weighted by Gasteiger charge is 2.32. The van der Waals surface area contributed by atoms with E-state index in [1.807, 2.05) is 13.0 Å². The summed E-state index contributed by atoms with van der Waals surface area (Å²) in [6, 6.07) is 12.1. The van der Waals surface area contributed by atoms with Gasteiger partial charge < -0.3 is 14.0 Å². The number of anilines is 1. The minimum atomic E-state index is -4.11. The lowest BCUT2D eigenvalue weighted by Crippen LogP contribution is -2.34. The summed E-state index contributed by atoms with van der Waals surface area (Å²) in [5.41, 5.74) is 3.96. The Morgan fingerprint density at radius 2 is 1.85 bits per heavy atom. The van der Waals surface area contributed by atoms with Crippen LogP contribution in [0.5, 0.6) is 0 Å². The molecule has 9 heteroatoms. The van der Waals surface area contributed by atoms with E-state index in [1.54, 1.807) is 57.4 Å². The molecule has 0 bridgehead atoms. The molecule has 0 saturated carbocycles. The number of hydrogen-bond acceptors (Lipinski definition) is 7. The Balaban J connectivity index is 2.14. The van der Waals surface area contributed by atoms with Gasteiger partial charge in [-0.25, -0.2) is 12.7 Å². The van der Waals surface area contributed by atoms with Gasteiger partial charge in [-0.05, 0) is 43.5 Å². The molecule has 0 N–H and O–H groups in total. The molecule has 2 aromatic carbocycles. The molecule has 3 rings (SSSR count). The fourth-order valence-electron chi connectivity index (χ4n) is 3.62. The molecular weight excluding hydrogens is 456 g/mol. The van der Waals surface area contributed by atoms with Crippen molar-refractivity contribution in [2.24, 2.45) is 0 Å². The topological polar surface area (TPSA) is 98.9 Å². The number of sulfonamides is 1. The highest BCUT2D eigenvalue weighted by atomic mass is 32.2. The quantitative estimate of drug-likeness (QED) is 0.211. The number of methoxy groups -OCH3 is 1. The largest absolute Gasteiger partial charge is 0.382 e. The Bertz CT molecular complexity index is 1240. The van der Waals surface area contributed by atoms with Gasteiger partial charge in [0, 0.05) is 23.8 Å². The zero-order chi connectivity index (χ0) is 24.7. The first kappa shape index (κ1) is 25.6. The maximum atomic E-state index is 14.0. The molecule has 1 heterocycles. The Labute approximate surface area is 200 Å². The summed E-state index contributed by atoms with van der Waals surface area (Å²) in [6.07, 6.45) is 2.34. The summed E-state index contributed by atoms with van der Waals surface area (Å²) in [6.45, 7) is 5.81. The fraction of sp³-hybridized carbons (Fsp3) is 0.360. The van der Waals surface area contributed by atoms with Crippen molar-refractivity contribution >= 4 is 22.2 Å². The Hall–Kier alpha value is -3.01. The lowest BCUT2D eigenvalue weighted by atomic mass is 9.95. The monoisotopic (exact) mass is 486 g/mol. The molecule has 0 atom stereocenters. The number of benzene rings is 2. The van der Waals surface area contributed by atoms with Crippen LogP contribution >= 0.6 is 0 Å². The molecule has 0 aliphatic heterocycles. The van der Waals surface area contributed by atoms with Crippen LogP contribution in [-0.4, -0.2) is 46.9 Å². The predicted octanol–water partition coefficient (Wildman–Crippen LogP) is 4.54. The van der Waals surface area contributed by atoms with E-state index in [0.29, 0.717) is 35.4 Å². The van der Waals surface area contributed by atoms with Gasteiger partial charge in [-0.3, -0.25) is 4.79 Å². The number of aldehydes is 1. The number of rotatable bonds is 12. The highest BCUT2D eigenvalue weighted by molar-refractivity contribution is 7.93. The predicted molar refractivity (Wildman–Crippen MR) is 130 cm³/mol. The third-order valence-electron chi connectivity index (χ3n) is 5.53. The van der Waals surface area contributed by atoms with Crippen LogP contribution in [-0.2, 0) is 25.9 Å². The van der Waals surface area contributed by atoms with Gasteiger partial charge in [0.2, 0.25) is 5.88 Å². The number of carbonyl (C=O) groups excluding carboxylic acids is 1. The van der Waals surface area contributed by atoms with Gasteiger partial charge in [-0.2, -0.15) is 0 Å². The van der Waals surface area contributed by atoms with Crippen molar-refractivity contribution < 1.29 is 27.2 Å². The van der Waals surface area contributed by atoms with Gasteiger partial charge in [-0.1, -0.05) is 48.8 Å². The molecular formula is C25H30N2O6S. The first-order valence-electron chi connectivity index (χ1n) is 11.0. The molecule has 1 aromatic heterocycles. The maximum Gasteiger partial charge on any atom is 0.269 e. The minimum absolute atomic E-state index is 0.106. The lowest BCUT2D eigenvalue weighted by Gasteiger charge is -2.24. The van der Waals surface area contributed by atoms with Gasteiger partial charge in [-0.15, -0.1) is 0 Å². The van der Waals surface area contributed by atoms with Crippen molar-refractivity contribution in [3.63, 3.8) is 0 Å². The summed E-state index contributed by atoms with van der Waals surface area (Å²) in [7, 11) is -2.57. The zero-order valence-corrected chi connectivity index (χ0v) is 20.7. The van der Waals surface area contributed by atoms with Crippen LogP contribution in [0.25, 0.3) is 11.1 Å². The zero-order valence-electron chi connectivity index (χ0n) is 19.9. The summed E-state index contributed by atoms with van der Waals surface area (Å²) >= 11 is 0. The Morgan fingerprint density at radius 3 is 2.50 bits per heavy atom. The molecule has 0 aliphatic carbocycles. The van der Waals surface area contributed by atoms with E-state index >= 15 is 0 Å². The average Bonchev–Trinajstić information content (AvgIpc) is 3.17. The fourth-order valence-corrected chi connectivity index (χ4v) is 5.17. The van der Waals surface area contributed by atoms with Gasteiger partial charge in [0.15, 0.2) is 0 Å². The van der Waals surface area contributed by atoms with Crippen LogP contribution in [0.15, 0.2) is 51.9 Å². The first-order valence-corrected chi connectivity index (χ1v) is 12.5. The van der Waals surface area contributed by atoms with E-state index in [0.717, 1.165) is 28.1 Å². The van der Waals surface area contributed by atoms with Crippen molar-refractivity contribution in [1.82, 2.24) is 5.16 Å². The maximum absolute atomic E-state index is 14.0. The summed E-state index contributed by atoms with van der Waals surface area (Å²) < 4.78 is 45.1. The summed E-state index contributed by atoms with van der Waals surface area (Å²) in [4.78, 5) is 11.4. The number of carbonyl (C=O) groups is 1. The number of aryl methyl sites for hydroxylation is 2. The molecule has 0 fully saturated rings. The smallest absolute Gasteiger partial charge is 0.269 e. The van der Waals surface area contributed by atoms with Crippen LogP contribution in [0.2, 0.25) is 0 Å². The minimum Gasteiger partial charge on any atom is -0.382 e. The SMILES string of the molecule is CCCc1cc(C=O)ccc1-c1ccccc1S(=O)(=O)N(COCCOC)c1onc(C)c1C. The molecule has 8 nitrogen and oxygen atoms in total. The normalized spacial score (nSPS) is 11.5.